The molecule has 0 atom stereocenters. The van der Waals surface area contributed by atoms with Crippen molar-refractivity contribution < 1.29 is 0 Å². The number of aromatic nitrogens is 1. The van der Waals surface area contributed by atoms with Crippen molar-refractivity contribution in [1.82, 2.24) is 4.57 Å². The fraction of sp³-hybridized carbons (Fsp3) is 0.542. The van der Waals surface area contributed by atoms with Crippen molar-refractivity contribution >= 4 is 10.9 Å². The highest BCUT2D eigenvalue weighted by Gasteiger charge is 2.25. The minimum Gasteiger partial charge on any atom is -0.340 e. The zero-order valence-corrected chi connectivity index (χ0v) is 16.5. The van der Waals surface area contributed by atoms with Gasteiger partial charge in [0.1, 0.15) is 0 Å². The van der Waals surface area contributed by atoms with E-state index in [0.29, 0.717) is 5.92 Å². The molecule has 1 aliphatic rings. The minimum atomic E-state index is 0.204. The van der Waals surface area contributed by atoms with Gasteiger partial charge in [0.2, 0.25) is 0 Å². The number of hydrogen-bond donors (Lipinski definition) is 0. The SMILES string of the molecule is C=C(Cn1c(CCCCCCCC)c(C)c(=O)c2ccccc21)C1CC1. The lowest BCUT2D eigenvalue weighted by atomic mass is 10.0. The first-order chi connectivity index (χ1) is 12.6. The first kappa shape index (κ1) is 18.9. The topological polar surface area (TPSA) is 22.0 Å². The number of nitrogens with zero attached hydrogens (tertiary/aromatic N) is 1. The van der Waals surface area contributed by atoms with Crippen molar-refractivity contribution in [3.05, 3.63) is 57.9 Å². The summed E-state index contributed by atoms with van der Waals surface area (Å²) >= 11 is 0. The number of fused-ring (bicyclic) bond motifs is 1. The van der Waals surface area contributed by atoms with E-state index in [1.165, 1.54) is 56.2 Å². The fourth-order valence-corrected chi connectivity index (χ4v) is 3.98. The summed E-state index contributed by atoms with van der Waals surface area (Å²) in [5.41, 5.74) is 4.76. The van der Waals surface area contributed by atoms with E-state index in [0.717, 1.165) is 35.9 Å². The maximum Gasteiger partial charge on any atom is 0.192 e. The largest absolute Gasteiger partial charge is 0.340 e. The van der Waals surface area contributed by atoms with Crippen LogP contribution in [0.2, 0.25) is 0 Å². The molecule has 1 heterocycles. The maximum atomic E-state index is 12.9. The van der Waals surface area contributed by atoms with Gasteiger partial charge >= 0.3 is 0 Å². The molecule has 0 amide bonds. The summed E-state index contributed by atoms with van der Waals surface area (Å²) in [6, 6.07) is 8.08. The molecule has 0 unspecified atom stereocenters. The smallest absolute Gasteiger partial charge is 0.192 e. The van der Waals surface area contributed by atoms with E-state index >= 15 is 0 Å². The van der Waals surface area contributed by atoms with Gasteiger partial charge in [0, 0.05) is 23.2 Å². The fourth-order valence-electron chi connectivity index (χ4n) is 3.98. The molecular weight excluding hydrogens is 318 g/mol. The predicted molar refractivity (Wildman–Crippen MR) is 112 cm³/mol. The highest BCUT2D eigenvalue weighted by Crippen LogP contribution is 2.37. The first-order valence-electron chi connectivity index (χ1n) is 10.4. The molecule has 0 radical (unpaired) electrons. The Morgan fingerprint density at radius 2 is 1.81 bits per heavy atom. The van der Waals surface area contributed by atoms with Crippen LogP contribution in [0.3, 0.4) is 0 Å². The predicted octanol–water partition coefficient (Wildman–Crippen LogP) is 6.18. The summed E-state index contributed by atoms with van der Waals surface area (Å²) in [5, 5.41) is 0.847. The number of hydrogen-bond acceptors (Lipinski definition) is 1. The molecule has 0 spiro atoms. The van der Waals surface area contributed by atoms with E-state index in [-0.39, 0.29) is 5.43 Å². The summed E-state index contributed by atoms with van der Waals surface area (Å²) in [6.07, 6.45) is 11.2. The second kappa shape index (κ2) is 8.70. The van der Waals surface area contributed by atoms with Gasteiger partial charge in [0.05, 0.1) is 5.52 Å². The number of allylic oxidation sites excluding steroid dienone is 1. The van der Waals surface area contributed by atoms with Gasteiger partial charge < -0.3 is 4.57 Å². The summed E-state index contributed by atoms with van der Waals surface area (Å²) in [4.78, 5) is 12.9. The molecule has 1 fully saturated rings. The van der Waals surface area contributed by atoms with Crippen LogP contribution in [0, 0.1) is 12.8 Å². The molecule has 1 saturated carbocycles. The number of rotatable bonds is 10. The molecule has 1 aromatic carbocycles. The van der Waals surface area contributed by atoms with Gasteiger partial charge in [-0.15, -0.1) is 0 Å². The lowest BCUT2D eigenvalue weighted by Gasteiger charge is -2.20. The number of benzene rings is 1. The standard InChI is InChI=1S/C24H33NO/c1-4-5-6-7-8-9-13-22-19(3)24(26)21-12-10-11-14-23(21)25(22)17-18(2)20-15-16-20/h10-12,14,20H,2,4-9,13,15-17H2,1,3H3. The summed E-state index contributed by atoms with van der Waals surface area (Å²) < 4.78 is 2.39. The van der Waals surface area contributed by atoms with Crippen LogP contribution >= 0.6 is 0 Å². The minimum absolute atomic E-state index is 0.204. The lowest BCUT2D eigenvalue weighted by molar-refractivity contribution is 0.592. The third-order valence-electron chi connectivity index (χ3n) is 5.82. The quantitative estimate of drug-likeness (QED) is 0.370. The molecule has 3 rings (SSSR count). The van der Waals surface area contributed by atoms with Crippen molar-refractivity contribution in [2.24, 2.45) is 5.92 Å². The van der Waals surface area contributed by atoms with Crippen LogP contribution in [0.15, 0.2) is 41.2 Å². The lowest BCUT2D eigenvalue weighted by Crippen LogP contribution is -2.20. The second-order valence-electron chi connectivity index (χ2n) is 7.95. The van der Waals surface area contributed by atoms with Gasteiger partial charge in [-0.05, 0) is 50.7 Å². The molecule has 2 aromatic rings. The van der Waals surface area contributed by atoms with Gasteiger partial charge in [0.25, 0.3) is 0 Å². The van der Waals surface area contributed by atoms with Crippen molar-refractivity contribution in [1.29, 1.82) is 0 Å². The average Bonchev–Trinajstić information content (AvgIpc) is 3.49. The molecule has 0 bridgehead atoms. The highest BCUT2D eigenvalue weighted by atomic mass is 16.1. The summed E-state index contributed by atoms with van der Waals surface area (Å²) in [6.45, 7) is 9.47. The zero-order chi connectivity index (χ0) is 18.5. The Morgan fingerprint density at radius 3 is 2.54 bits per heavy atom. The Bertz CT molecular complexity index is 826. The number of pyridine rings is 1. The van der Waals surface area contributed by atoms with Gasteiger partial charge in [0.15, 0.2) is 5.43 Å². The van der Waals surface area contributed by atoms with Gasteiger partial charge in [-0.3, -0.25) is 4.79 Å². The van der Waals surface area contributed by atoms with E-state index in [2.05, 4.69) is 24.1 Å². The van der Waals surface area contributed by atoms with Crippen LogP contribution in [0.4, 0.5) is 0 Å². The zero-order valence-electron chi connectivity index (χ0n) is 16.5. The van der Waals surface area contributed by atoms with Crippen molar-refractivity contribution in [3.63, 3.8) is 0 Å². The Balaban J connectivity index is 1.87. The molecule has 2 heteroatoms. The van der Waals surface area contributed by atoms with Crippen LogP contribution in [0.1, 0.15) is 69.5 Å². The Hall–Kier alpha value is -1.83. The Morgan fingerprint density at radius 1 is 1.12 bits per heavy atom. The number of para-hydroxylation sites is 1. The van der Waals surface area contributed by atoms with Crippen LogP contribution in [-0.4, -0.2) is 4.57 Å². The Kier molecular flexibility index (Phi) is 6.34. The van der Waals surface area contributed by atoms with Crippen LogP contribution < -0.4 is 5.43 Å². The average molecular weight is 352 g/mol. The normalized spacial score (nSPS) is 14.1. The highest BCUT2D eigenvalue weighted by molar-refractivity contribution is 5.80. The van der Waals surface area contributed by atoms with E-state index in [1.54, 1.807) is 0 Å². The van der Waals surface area contributed by atoms with E-state index in [1.807, 2.05) is 25.1 Å². The molecule has 2 nitrogen and oxygen atoms in total. The maximum absolute atomic E-state index is 12.9. The summed E-state index contributed by atoms with van der Waals surface area (Å²) in [7, 11) is 0. The van der Waals surface area contributed by atoms with E-state index in [9.17, 15) is 4.79 Å². The summed E-state index contributed by atoms with van der Waals surface area (Å²) in [5.74, 6) is 0.690. The molecular formula is C24H33NO. The first-order valence-corrected chi connectivity index (χ1v) is 10.4. The third kappa shape index (κ3) is 4.28. The molecule has 0 N–H and O–H groups in total. The monoisotopic (exact) mass is 351 g/mol. The van der Waals surface area contributed by atoms with Gasteiger partial charge in [-0.2, -0.15) is 0 Å². The molecule has 140 valence electrons. The molecule has 1 aromatic heterocycles. The molecule has 0 saturated heterocycles. The van der Waals surface area contributed by atoms with Crippen LogP contribution in [-0.2, 0) is 13.0 Å². The third-order valence-corrected chi connectivity index (χ3v) is 5.82. The van der Waals surface area contributed by atoms with Gasteiger partial charge in [-0.1, -0.05) is 63.3 Å². The van der Waals surface area contributed by atoms with Gasteiger partial charge in [-0.25, -0.2) is 0 Å². The number of unbranched alkanes of at least 4 members (excludes halogenated alkanes) is 5. The Labute approximate surface area is 157 Å². The van der Waals surface area contributed by atoms with E-state index in [4.69, 9.17) is 0 Å². The molecule has 1 aliphatic carbocycles. The van der Waals surface area contributed by atoms with Crippen molar-refractivity contribution in [2.75, 3.05) is 0 Å². The van der Waals surface area contributed by atoms with Crippen molar-refractivity contribution in [3.8, 4) is 0 Å². The van der Waals surface area contributed by atoms with E-state index < -0.39 is 0 Å². The van der Waals surface area contributed by atoms with Crippen molar-refractivity contribution in [2.45, 2.75) is 78.2 Å². The second-order valence-corrected chi connectivity index (χ2v) is 7.95. The molecule has 26 heavy (non-hydrogen) atoms. The van der Waals surface area contributed by atoms with Crippen LogP contribution in [0.25, 0.3) is 10.9 Å². The van der Waals surface area contributed by atoms with Crippen LogP contribution in [0.5, 0.6) is 0 Å². The molecule has 0 aliphatic heterocycles.